The molecule has 2 fully saturated rings. The van der Waals surface area contributed by atoms with Crippen LogP contribution in [-0.4, -0.2) is 86.3 Å². The molecule has 0 spiro atoms. The van der Waals surface area contributed by atoms with Crippen molar-refractivity contribution < 1.29 is 28.5 Å². The van der Waals surface area contributed by atoms with Crippen molar-refractivity contribution in [1.82, 2.24) is 9.80 Å². The quantitative estimate of drug-likeness (QED) is 0.511. The highest BCUT2D eigenvalue weighted by Gasteiger charge is 2.39. The van der Waals surface area contributed by atoms with E-state index >= 15 is 0 Å². The van der Waals surface area contributed by atoms with Crippen LogP contribution in [0.3, 0.4) is 0 Å². The third kappa shape index (κ3) is 6.69. The van der Waals surface area contributed by atoms with Crippen LogP contribution in [0.1, 0.15) is 41.0 Å². The Morgan fingerprint density at radius 1 is 1.00 bits per heavy atom. The summed E-state index contributed by atoms with van der Waals surface area (Å²) in [7, 11) is 0. The minimum absolute atomic E-state index is 0.0176. The number of hydrogen-bond acceptors (Lipinski definition) is 8. The molecule has 0 N–H and O–H groups in total. The average Bonchev–Trinajstić information content (AvgIpc) is 3.21. The average molecular weight is 401 g/mol. The number of ether oxygens (including phenoxy) is 4. The zero-order valence-corrected chi connectivity index (χ0v) is 17.9. The molecule has 0 radical (unpaired) electrons. The molecule has 8 nitrogen and oxygen atoms in total. The largest absolute Gasteiger partial charge is 0.465 e. The lowest BCUT2D eigenvalue weighted by atomic mass is 9.98. The van der Waals surface area contributed by atoms with Crippen molar-refractivity contribution in [2.75, 3.05) is 46.1 Å². The van der Waals surface area contributed by atoms with Crippen molar-refractivity contribution in [3.8, 4) is 0 Å². The number of rotatable bonds is 10. The van der Waals surface area contributed by atoms with E-state index in [0.717, 1.165) is 13.0 Å². The Morgan fingerprint density at radius 3 is 2.25 bits per heavy atom. The fraction of sp³-hybridized carbons (Fsp3) is 0.900. The summed E-state index contributed by atoms with van der Waals surface area (Å²) >= 11 is 0. The molecule has 2 aliphatic rings. The maximum Gasteiger partial charge on any atom is 0.302 e. The van der Waals surface area contributed by atoms with Gasteiger partial charge in [-0.3, -0.25) is 19.4 Å². The molecule has 2 saturated heterocycles. The SMILES string of the molecule is CC(=O)OCCN1CCOC1C(C)CC1COC(C(C)C)N1CCOC(C)=O. The van der Waals surface area contributed by atoms with E-state index in [4.69, 9.17) is 18.9 Å². The fourth-order valence-corrected chi connectivity index (χ4v) is 4.13. The van der Waals surface area contributed by atoms with Gasteiger partial charge in [0.25, 0.3) is 0 Å². The lowest BCUT2D eigenvalue weighted by Gasteiger charge is -2.33. The van der Waals surface area contributed by atoms with Crippen molar-refractivity contribution in [3.05, 3.63) is 0 Å². The smallest absolute Gasteiger partial charge is 0.302 e. The van der Waals surface area contributed by atoms with Crippen LogP contribution in [-0.2, 0) is 28.5 Å². The molecule has 2 heterocycles. The predicted molar refractivity (Wildman–Crippen MR) is 103 cm³/mol. The molecule has 0 aromatic heterocycles. The van der Waals surface area contributed by atoms with Crippen LogP contribution >= 0.6 is 0 Å². The van der Waals surface area contributed by atoms with E-state index in [1.54, 1.807) is 0 Å². The molecule has 8 heteroatoms. The van der Waals surface area contributed by atoms with Crippen LogP contribution in [0.15, 0.2) is 0 Å². The second-order valence-corrected chi connectivity index (χ2v) is 8.05. The van der Waals surface area contributed by atoms with Gasteiger partial charge < -0.3 is 18.9 Å². The topological polar surface area (TPSA) is 77.5 Å². The van der Waals surface area contributed by atoms with E-state index in [-0.39, 0.29) is 30.4 Å². The van der Waals surface area contributed by atoms with Crippen LogP contribution in [0.5, 0.6) is 0 Å². The van der Waals surface area contributed by atoms with Crippen LogP contribution in [0.4, 0.5) is 0 Å². The van der Waals surface area contributed by atoms with Gasteiger partial charge in [-0.15, -0.1) is 0 Å². The second kappa shape index (κ2) is 11.1. The first-order valence-electron chi connectivity index (χ1n) is 10.3. The standard InChI is InChI=1S/C20H36N2O6/c1-14(2)19-22(8-11-26-17(5)24)18(13-28-19)12-15(3)20-21(7-10-27-20)6-9-25-16(4)23/h14-15,18-20H,6-13H2,1-5H3. The number of esters is 2. The molecule has 4 atom stereocenters. The Kier molecular flexibility index (Phi) is 9.14. The van der Waals surface area contributed by atoms with Crippen molar-refractivity contribution in [2.45, 2.75) is 59.5 Å². The minimum Gasteiger partial charge on any atom is -0.465 e. The first-order valence-corrected chi connectivity index (χ1v) is 10.3. The molecule has 2 aliphatic heterocycles. The van der Waals surface area contributed by atoms with E-state index in [9.17, 15) is 9.59 Å². The van der Waals surface area contributed by atoms with Crippen molar-refractivity contribution in [1.29, 1.82) is 0 Å². The molecule has 0 amide bonds. The summed E-state index contributed by atoms with van der Waals surface area (Å²) < 4.78 is 22.3. The number of hydrogen-bond donors (Lipinski definition) is 0. The molecule has 2 rings (SSSR count). The molecule has 0 bridgehead atoms. The molecule has 0 saturated carbocycles. The van der Waals surface area contributed by atoms with Gasteiger partial charge in [0.2, 0.25) is 0 Å². The van der Waals surface area contributed by atoms with Crippen LogP contribution < -0.4 is 0 Å². The molecular formula is C20H36N2O6. The zero-order chi connectivity index (χ0) is 20.7. The Morgan fingerprint density at radius 2 is 1.64 bits per heavy atom. The zero-order valence-electron chi connectivity index (χ0n) is 17.9. The summed E-state index contributed by atoms with van der Waals surface area (Å²) in [6, 6.07) is 0.262. The maximum atomic E-state index is 11.1. The van der Waals surface area contributed by atoms with Gasteiger partial charge in [-0.1, -0.05) is 20.8 Å². The highest BCUT2D eigenvalue weighted by molar-refractivity contribution is 5.66. The molecule has 28 heavy (non-hydrogen) atoms. The van der Waals surface area contributed by atoms with Crippen molar-refractivity contribution >= 4 is 11.9 Å². The van der Waals surface area contributed by atoms with E-state index in [1.165, 1.54) is 13.8 Å². The van der Waals surface area contributed by atoms with E-state index in [0.29, 0.717) is 51.4 Å². The molecule has 0 aromatic carbocycles. The first-order chi connectivity index (χ1) is 13.3. The number of nitrogens with zero attached hydrogens (tertiary/aromatic N) is 2. The van der Waals surface area contributed by atoms with Gasteiger partial charge in [0.1, 0.15) is 25.7 Å². The summed E-state index contributed by atoms with van der Waals surface area (Å²) in [5.41, 5.74) is 0. The third-order valence-corrected chi connectivity index (χ3v) is 5.32. The monoisotopic (exact) mass is 400 g/mol. The van der Waals surface area contributed by atoms with Gasteiger partial charge in [0.15, 0.2) is 0 Å². The van der Waals surface area contributed by atoms with E-state index in [1.807, 2.05) is 0 Å². The summed E-state index contributed by atoms with van der Waals surface area (Å²) in [5.74, 6) is 0.154. The predicted octanol–water partition coefficient (Wildman–Crippen LogP) is 1.48. The maximum absolute atomic E-state index is 11.1. The molecule has 0 aliphatic carbocycles. The summed E-state index contributed by atoms with van der Waals surface area (Å²) in [5, 5.41) is 0. The highest BCUT2D eigenvalue weighted by Crippen LogP contribution is 2.30. The van der Waals surface area contributed by atoms with Crippen LogP contribution in [0.2, 0.25) is 0 Å². The third-order valence-electron chi connectivity index (χ3n) is 5.32. The van der Waals surface area contributed by atoms with Crippen molar-refractivity contribution in [2.24, 2.45) is 11.8 Å². The second-order valence-electron chi connectivity index (χ2n) is 8.05. The van der Waals surface area contributed by atoms with E-state index in [2.05, 4.69) is 30.6 Å². The number of carbonyl (C=O) groups excluding carboxylic acids is 2. The Hall–Kier alpha value is -1.22. The van der Waals surface area contributed by atoms with Gasteiger partial charge in [-0.2, -0.15) is 0 Å². The summed E-state index contributed by atoms with van der Waals surface area (Å²) in [4.78, 5) is 26.7. The Labute approximate surface area is 168 Å². The van der Waals surface area contributed by atoms with Gasteiger partial charge >= 0.3 is 11.9 Å². The summed E-state index contributed by atoms with van der Waals surface area (Å²) in [6.07, 6.45) is 0.985. The normalized spacial score (nSPS) is 27.3. The Bertz CT molecular complexity index is 515. The molecule has 0 aromatic rings. The summed E-state index contributed by atoms with van der Waals surface area (Å²) in [6.45, 7) is 13.7. The molecular weight excluding hydrogens is 364 g/mol. The molecule has 4 unspecified atom stereocenters. The van der Waals surface area contributed by atoms with Gasteiger partial charge in [0.05, 0.1) is 13.2 Å². The molecule has 162 valence electrons. The lowest BCUT2D eigenvalue weighted by Crippen LogP contribution is -2.45. The highest BCUT2D eigenvalue weighted by atomic mass is 16.5. The fourth-order valence-electron chi connectivity index (χ4n) is 4.13. The first kappa shape index (κ1) is 23.1. The lowest BCUT2D eigenvalue weighted by molar-refractivity contribution is -0.143. The van der Waals surface area contributed by atoms with Gasteiger partial charge in [-0.25, -0.2) is 0 Å². The van der Waals surface area contributed by atoms with Crippen molar-refractivity contribution in [3.63, 3.8) is 0 Å². The number of carbonyl (C=O) groups is 2. The van der Waals surface area contributed by atoms with Gasteiger partial charge in [-0.05, 0) is 18.3 Å². The van der Waals surface area contributed by atoms with Crippen LogP contribution in [0.25, 0.3) is 0 Å². The minimum atomic E-state index is -0.256. The van der Waals surface area contributed by atoms with Crippen LogP contribution in [0, 0.1) is 11.8 Å². The van der Waals surface area contributed by atoms with E-state index < -0.39 is 0 Å². The Balaban J connectivity index is 1.91. The van der Waals surface area contributed by atoms with Gasteiger partial charge in [0, 0.05) is 39.5 Å².